The van der Waals surface area contributed by atoms with E-state index < -0.39 is 0 Å². The van der Waals surface area contributed by atoms with Crippen LogP contribution in [-0.4, -0.2) is 11.4 Å². The van der Waals surface area contributed by atoms with Gasteiger partial charge in [-0.2, -0.15) is 10.2 Å². The van der Waals surface area contributed by atoms with Gasteiger partial charge in [0.25, 0.3) is 0 Å². The molecule has 2 aromatic rings. The number of hydrogen-bond donors (Lipinski definition) is 1. The summed E-state index contributed by atoms with van der Waals surface area (Å²) in [6, 6.07) is 8.47. The first-order chi connectivity index (χ1) is 15.2. The second-order valence-electron chi connectivity index (χ2n) is 8.24. The van der Waals surface area contributed by atoms with Gasteiger partial charge < -0.3 is 5.11 Å². The maximum absolute atomic E-state index is 10.9. The SMILES string of the molecule is CCCCCCCCCCCCCC[n+]1ccc(N=Nc2ccc(O)c(C=O)c2)cc1. The Labute approximate surface area is 187 Å². The molecule has 0 fully saturated rings. The van der Waals surface area contributed by atoms with Crippen molar-refractivity contribution < 1.29 is 14.5 Å². The third-order valence-corrected chi connectivity index (χ3v) is 5.56. The van der Waals surface area contributed by atoms with E-state index >= 15 is 0 Å². The van der Waals surface area contributed by atoms with E-state index in [1.807, 2.05) is 24.5 Å². The Hall–Kier alpha value is -2.56. The molecule has 0 amide bonds. The summed E-state index contributed by atoms with van der Waals surface area (Å²) in [5, 5.41) is 17.9. The Balaban J connectivity index is 1.58. The number of phenolic OH excluding ortho intramolecular Hbond substituents is 1. The Morgan fingerprint density at radius 2 is 1.32 bits per heavy atom. The Kier molecular flexibility index (Phi) is 12.2. The summed E-state index contributed by atoms with van der Waals surface area (Å²) < 4.78 is 2.18. The van der Waals surface area contributed by atoms with Gasteiger partial charge in [-0.1, -0.05) is 71.1 Å². The molecule has 0 radical (unpaired) electrons. The molecule has 5 nitrogen and oxygen atoms in total. The second kappa shape index (κ2) is 15.3. The van der Waals surface area contributed by atoms with Gasteiger partial charge in [-0.25, -0.2) is 4.57 Å². The molecule has 1 heterocycles. The van der Waals surface area contributed by atoms with Crippen LogP contribution in [0.15, 0.2) is 53.0 Å². The van der Waals surface area contributed by atoms with Gasteiger partial charge in [-0.05, 0) is 24.6 Å². The highest BCUT2D eigenvalue weighted by Crippen LogP contribution is 2.23. The highest BCUT2D eigenvalue weighted by atomic mass is 16.3. The molecule has 168 valence electrons. The average Bonchev–Trinajstić information content (AvgIpc) is 2.80. The second-order valence-corrected chi connectivity index (χ2v) is 8.24. The quantitative estimate of drug-likeness (QED) is 0.130. The number of unbranched alkanes of at least 4 members (excludes halogenated alkanes) is 11. The molecule has 5 heteroatoms. The van der Waals surface area contributed by atoms with E-state index in [9.17, 15) is 9.90 Å². The fourth-order valence-electron chi connectivity index (χ4n) is 3.61. The predicted molar refractivity (Wildman–Crippen MR) is 125 cm³/mol. The minimum atomic E-state index is -0.0486. The molecule has 1 aromatic carbocycles. The van der Waals surface area contributed by atoms with Crippen LogP contribution >= 0.6 is 0 Å². The molecule has 31 heavy (non-hydrogen) atoms. The number of aryl methyl sites for hydroxylation is 1. The van der Waals surface area contributed by atoms with Gasteiger partial charge in [0.15, 0.2) is 18.7 Å². The fraction of sp³-hybridized carbons (Fsp3) is 0.538. The molecule has 0 aliphatic carbocycles. The first-order valence-corrected chi connectivity index (χ1v) is 11.9. The van der Waals surface area contributed by atoms with Crippen LogP contribution < -0.4 is 4.57 Å². The largest absolute Gasteiger partial charge is 0.507 e. The molecule has 0 saturated carbocycles. The summed E-state index contributed by atoms with van der Waals surface area (Å²) >= 11 is 0. The third-order valence-electron chi connectivity index (χ3n) is 5.56. The van der Waals surface area contributed by atoms with E-state index in [1.165, 1.54) is 89.2 Å². The molecule has 0 bridgehead atoms. The topological polar surface area (TPSA) is 65.9 Å². The average molecular weight is 425 g/mol. The number of phenols is 1. The Morgan fingerprint density at radius 1 is 0.774 bits per heavy atom. The number of rotatable bonds is 16. The minimum Gasteiger partial charge on any atom is -0.507 e. The van der Waals surface area contributed by atoms with Crippen LogP contribution in [0.5, 0.6) is 5.75 Å². The van der Waals surface area contributed by atoms with Gasteiger partial charge in [-0.15, -0.1) is 0 Å². The summed E-state index contributed by atoms with van der Waals surface area (Å²) in [6.45, 7) is 3.29. The lowest BCUT2D eigenvalue weighted by molar-refractivity contribution is -0.697. The maximum Gasteiger partial charge on any atom is 0.171 e. The van der Waals surface area contributed by atoms with E-state index in [-0.39, 0.29) is 11.3 Å². The minimum absolute atomic E-state index is 0.0486. The number of carbonyl (C=O) groups is 1. The van der Waals surface area contributed by atoms with Gasteiger partial charge in [0.05, 0.1) is 16.9 Å². The van der Waals surface area contributed by atoms with Crippen LogP contribution in [0.3, 0.4) is 0 Å². The molecule has 0 saturated heterocycles. The molecule has 0 aliphatic heterocycles. The van der Waals surface area contributed by atoms with Crippen LogP contribution in [0, 0.1) is 0 Å². The number of benzene rings is 1. The first kappa shape index (κ1) is 24.7. The van der Waals surface area contributed by atoms with Gasteiger partial charge in [0.2, 0.25) is 0 Å². The van der Waals surface area contributed by atoms with E-state index in [0.29, 0.717) is 12.0 Å². The molecular formula is C26H38N3O2+. The van der Waals surface area contributed by atoms with Crippen LogP contribution in [0.2, 0.25) is 0 Å². The fourth-order valence-corrected chi connectivity index (χ4v) is 3.61. The number of azo groups is 1. The van der Waals surface area contributed by atoms with E-state index in [2.05, 4.69) is 21.7 Å². The standard InChI is InChI=1S/C26H37N3O2/c1-2-3-4-5-6-7-8-9-10-11-12-13-18-29-19-16-24(17-20-29)27-28-25-14-15-26(31)23(21-25)22-30/h14-17,19-22H,2-13,18H2,1H3/p+1. The lowest BCUT2D eigenvalue weighted by Crippen LogP contribution is -2.32. The van der Waals surface area contributed by atoms with Crippen molar-refractivity contribution in [3.05, 3.63) is 48.3 Å². The third kappa shape index (κ3) is 10.3. The van der Waals surface area contributed by atoms with E-state index in [1.54, 1.807) is 6.07 Å². The molecular weight excluding hydrogens is 386 g/mol. The number of pyridine rings is 1. The van der Waals surface area contributed by atoms with Gasteiger partial charge >= 0.3 is 0 Å². The Bertz CT molecular complexity index is 788. The predicted octanol–water partition coefficient (Wildman–Crippen LogP) is 7.61. The highest BCUT2D eigenvalue weighted by molar-refractivity contribution is 5.80. The van der Waals surface area contributed by atoms with Gasteiger partial charge in [0, 0.05) is 18.6 Å². The molecule has 0 spiro atoms. The Morgan fingerprint density at radius 3 is 1.90 bits per heavy atom. The van der Waals surface area contributed by atoms with Crippen molar-refractivity contribution >= 4 is 17.7 Å². The molecule has 0 aliphatic rings. The number of aromatic hydroxyl groups is 1. The summed E-state index contributed by atoms with van der Waals surface area (Å²) in [4.78, 5) is 10.9. The van der Waals surface area contributed by atoms with Crippen LogP contribution in [0.1, 0.15) is 94.3 Å². The molecule has 0 unspecified atom stereocenters. The monoisotopic (exact) mass is 424 g/mol. The van der Waals surface area contributed by atoms with Crippen LogP contribution in [0.4, 0.5) is 11.4 Å². The highest BCUT2D eigenvalue weighted by Gasteiger charge is 2.03. The number of aromatic nitrogens is 1. The lowest BCUT2D eigenvalue weighted by atomic mass is 10.1. The smallest absolute Gasteiger partial charge is 0.171 e. The van der Waals surface area contributed by atoms with Crippen LogP contribution in [-0.2, 0) is 6.54 Å². The van der Waals surface area contributed by atoms with Crippen molar-refractivity contribution in [2.75, 3.05) is 0 Å². The first-order valence-electron chi connectivity index (χ1n) is 11.9. The van der Waals surface area contributed by atoms with Crippen LogP contribution in [0.25, 0.3) is 0 Å². The zero-order valence-electron chi connectivity index (χ0n) is 19.0. The molecule has 1 N–H and O–H groups in total. The van der Waals surface area contributed by atoms with Gasteiger partial charge in [-0.3, -0.25) is 4.79 Å². The number of aldehydes is 1. The van der Waals surface area contributed by atoms with E-state index in [0.717, 1.165) is 12.2 Å². The lowest BCUT2D eigenvalue weighted by Gasteiger charge is -2.02. The number of carbonyl (C=O) groups excluding carboxylic acids is 1. The van der Waals surface area contributed by atoms with E-state index in [4.69, 9.17) is 0 Å². The molecule has 0 atom stereocenters. The van der Waals surface area contributed by atoms with Crippen molar-refractivity contribution in [2.45, 2.75) is 90.5 Å². The van der Waals surface area contributed by atoms with Crippen molar-refractivity contribution in [1.29, 1.82) is 0 Å². The zero-order chi connectivity index (χ0) is 22.2. The van der Waals surface area contributed by atoms with Gasteiger partial charge in [0.1, 0.15) is 12.3 Å². The number of hydrogen-bond acceptors (Lipinski definition) is 4. The maximum atomic E-state index is 10.9. The normalized spacial score (nSPS) is 11.3. The van der Waals surface area contributed by atoms with Crippen molar-refractivity contribution in [2.24, 2.45) is 10.2 Å². The summed E-state index contributed by atoms with van der Waals surface area (Å²) in [7, 11) is 0. The van der Waals surface area contributed by atoms with Crippen molar-refractivity contribution in [3.63, 3.8) is 0 Å². The summed E-state index contributed by atoms with van der Waals surface area (Å²) in [5.74, 6) is -0.0486. The zero-order valence-corrected chi connectivity index (χ0v) is 19.0. The summed E-state index contributed by atoms with van der Waals surface area (Å²) in [5.41, 5.74) is 1.50. The van der Waals surface area contributed by atoms with Crippen molar-refractivity contribution in [1.82, 2.24) is 0 Å². The summed E-state index contributed by atoms with van der Waals surface area (Å²) in [6.07, 6.45) is 21.0. The molecule has 2 rings (SSSR count). The number of nitrogens with zero attached hydrogens (tertiary/aromatic N) is 3. The van der Waals surface area contributed by atoms with Crippen molar-refractivity contribution in [3.8, 4) is 5.75 Å². The molecule has 1 aromatic heterocycles.